The lowest BCUT2D eigenvalue weighted by Crippen LogP contribution is -2.37. The van der Waals surface area contributed by atoms with Crippen molar-refractivity contribution in [1.29, 1.82) is 0 Å². The average molecular weight is 225 g/mol. The molecule has 0 aliphatic carbocycles. The zero-order valence-electron chi connectivity index (χ0n) is 8.08. The van der Waals surface area contributed by atoms with Crippen LogP contribution in [0.5, 0.6) is 0 Å². The molecule has 0 aromatic carbocycles. The second-order valence-corrected chi connectivity index (χ2v) is 2.78. The van der Waals surface area contributed by atoms with Crippen LogP contribution in [0.1, 0.15) is 12.8 Å². The summed E-state index contributed by atoms with van der Waals surface area (Å²) >= 11 is 0. The van der Waals surface area contributed by atoms with Crippen LogP contribution in [-0.4, -0.2) is 34.5 Å². The highest BCUT2D eigenvalue weighted by atomic mass is 16.7. The number of carbonyl (C=O) groups excluding carboxylic acids is 3. The summed E-state index contributed by atoms with van der Waals surface area (Å²) in [5.41, 5.74) is 0. The molecule has 0 radical (unpaired) electrons. The van der Waals surface area contributed by atoms with Crippen molar-refractivity contribution in [2.45, 2.75) is 12.8 Å². The SMILES string of the molecule is C#CCN(N=O)C(=O)ON1C(=O)CCC1=O. The topological polar surface area (TPSA) is 96.3 Å². The monoisotopic (exact) mass is 225 g/mol. The highest BCUT2D eigenvalue weighted by Crippen LogP contribution is 2.13. The van der Waals surface area contributed by atoms with Crippen LogP contribution in [-0.2, 0) is 14.4 Å². The van der Waals surface area contributed by atoms with Crippen LogP contribution in [0, 0.1) is 17.3 Å². The maximum Gasteiger partial charge on any atom is 0.458 e. The van der Waals surface area contributed by atoms with Crippen LogP contribution in [0.2, 0.25) is 0 Å². The average Bonchev–Trinajstić information content (AvgIpc) is 2.57. The van der Waals surface area contributed by atoms with Gasteiger partial charge in [-0.05, 0) is 0 Å². The molecule has 0 bridgehead atoms. The molecule has 1 heterocycles. The number of nitrogens with zero attached hydrogens (tertiary/aromatic N) is 3. The first-order valence-corrected chi connectivity index (χ1v) is 4.22. The van der Waals surface area contributed by atoms with Gasteiger partial charge >= 0.3 is 6.09 Å². The molecule has 8 nitrogen and oxygen atoms in total. The van der Waals surface area contributed by atoms with Crippen molar-refractivity contribution in [3.05, 3.63) is 4.91 Å². The van der Waals surface area contributed by atoms with Crippen LogP contribution in [0.25, 0.3) is 0 Å². The van der Waals surface area contributed by atoms with Gasteiger partial charge in [0, 0.05) is 12.8 Å². The van der Waals surface area contributed by atoms with Crippen LogP contribution in [0.15, 0.2) is 5.29 Å². The molecule has 1 fully saturated rings. The zero-order chi connectivity index (χ0) is 12.1. The van der Waals surface area contributed by atoms with Crippen LogP contribution in [0.3, 0.4) is 0 Å². The predicted octanol–water partition coefficient (Wildman–Crippen LogP) is -0.196. The van der Waals surface area contributed by atoms with E-state index >= 15 is 0 Å². The quantitative estimate of drug-likeness (QED) is 0.287. The molecule has 1 saturated heterocycles. The molecule has 1 rings (SSSR count). The van der Waals surface area contributed by atoms with Crippen molar-refractivity contribution in [3.8, 4) is 12.3 Å². The number of hydrogen-bond acceptors (Lipinski definition) is 6. The lowest BCUT2D eigenvalue weighted by Gasteiger charge is -2.15. The van der Waals surface area contributed by atoms with E-state index in [1.54, 1.807) is 0 Å². The Morgan fingerprint density at radius 1 is 1.50 bits per heavy atom. The summed E-state index contributed by atoms with van der Waals surface area (Å²) < 4.78 is 0. The van der Waals surface area contributed by atoms with Gasteiger partial charge in [0.25, 0.3) is 11.8 Å². The Morgan fingerprint density at radius 3 is 2.50 bits per heavy atom. The van der Waals surface area contributed by atoms with E-state index in [1.807, 2.05) is 5.92 Å². The van der Waals surface area contributed by atoms with E-state index in [2.05, 4.69) is 10.1 Å². The summed E-state index contributed by atoms with van der Waals surface area (Å²) in [5, 5.41) is 2.87. The Morgan fingerprint density at radius 2 is 2.06 bits per heavy atom. The summed E-state index contributed by atoms with van der Waals surface area (Å²) in [6.45, 7) is -0.404. The molecule has 1 aliphatic rings. The van der Waals surface area contributed by atoms with Gasteiger partial charge in [-0.2, -0.15) is 0 Å². The number of imide groups is 1. The predicted molar refractivity (Wildman–Crippen MR) is 48.9 cm³/mol. The summed E-state index contributed by atoms with van der Waals surface area (Å²) in [6.07, 6.45) is 3.53. The van der Waals surface area contributed by atoms with Gasteiger partial charge in [-0.15, -0.1) is 21.4 Å². The largest absolute Gasteiger partial charge is 0.458 e. The molecule has 84 valence electrons. The number of amides is 3. The van der Waals surface area contributed by atoms with Gasteiger partial charge in [-0.1, -0.05) is 5.92 Å². The Hall–Kier alpha value is -2.43. The van der Waals surface area contributed by atoms with Crippen molar-refractivity contribution in [2.75, 3.05) is 6.54 Å². The number of carbonyl (C=O) groups is 3. The maximum atomic E-state index is 11.2. The summed E-state index contributed by atoms with van der Waals surface area (Å²) in [5.74, 6) is 0.693. The first kappa shape index (κ1) is 11.6. The Balaban J connectivity index is 2.63. The standard InChI is InChI=1S/C8H7N3O5/c1-2-5-10(9-15)8(14)16-11-6(12)3-4-7(11)13/h1H,3-5H2. The third-order valence-corrected chi connectivity index (χ3v) is 1.73. The molecule has 0 saturated carbocycles. The van der Waals surface area contributed by atoms with Gasteiger partial charge in [0.05, 0.1) is 5.29 Å². The molecule has 0 unspecified atom stereocenters. The molecule has 0 atom stereocenters. The Kier molecular flexibility index (Phi) is 3.55. The van der Waals surface area contributed by atoms with Crippen molar-refractivity contribution >= 4 is 17.9 Å². The molecular formula is C8H7N3O5. The summed E-state index contributed by atoms with van der Waals surface area (Å²) in [6, 6.07) is 0. The molecular weight excluding hydrogens is 218 g/mol. The van der Waals surface area contributed by atoms with E-state index in [0.717, 1.165) is 0 Å². The van der Waals surface area contributed by atoms with Gasteiger partial charge in [0.1, 0.15) is 6.54 Å². The van der Waals surface area contributed by atoms with Crippen molar-refractivity contribution < 1.29 is 19.2 Å². The van der Waals surface area contributed by atoms with Gasteiger partial charge in [0.15, 0.2) is 0 Å². The molecule has 8 heteroatoms. The third kappa shape index (κ3) is 2.33. The lowest BCUT2D eigenvalue weighted by atomic mass is 10.4. The van der Waals surface area contributed by atoms with Crippen molar-refractivity contribution in [3.63, 3.8) is 0 Å². The van der Waals surface area contributed by atoms with Crippen molar-refractivity contribution in [1.82, 2.24) is 10.1 Å². The van der Waals surface area contributed by atoms with E-state index in [1.165, 1.54) is 0 Å². The van der Waals surface area contributed by atoms with Gasteiger partial charge in [-0.25, -0.2) is 4.79 Å². The number of rotatable bonds is 3. The van der Waals surface area contributed by atoms with E-state index in [4.69, 9.17) is 6.42 Å². The molecule has 0 N–H and O–H groups in total. The molecule has 1 aliphatic heterocycles. The van der Waals surface area contributed by atoms with Crippen LogP contribution < -0.4 is 0 Å². The fourth-order valence-corrected chi connectivity index (χ4v) is 0.996. The van der Waals surface area contributed by atoms with Crippen molar-refractivity contribution in [2.24, 2.45) is 5.29 Å². The minimum absolute atomic E-state index is 0.0320. The molecule has 0 aromatic rings. The molecule has 16 heavy (non-hydrogen) atoms. The van der Waals surface area contributed by atoms with Gasteiger partial charge in [-0.3, -0.25) is 9.59 Å². The second-order valence-electron chi connectivity index (χ2n) is 2.78. The lowest BCUT2D eigenvalue weighted by molar-refractivity contribution is -0.173. The fourth-order valence-electron chi connectivity index (χ4n) is 0.996. The number of nitroso groups, excluding NO2 is 1. The first-order valence-electron chi connectivity index (χ1n) is 4.22. The Bertz CT molecular complexity index is 370. The van der Waals surface area contributed by atoms with E-state index in [9.17, 15) is 19.3 Å². The maximum absolute atomic E-state index is 11.2. The van der Waals surface area contributed by atoms with E-state index in [-0.39, 0.29) is 17.9 Å². The molecule has 0 aromatic heterocycles. The highest BCUT2D eigenvalue weighted by molar-refractivity contribution is 6.01. The minimum Gasteiger partial charge on any atom is -0.309 e. The number of hydrogen-bond donors (Lipinski definition) is 0. The first-order chi connectivity index (χ1) is 7.60. The Labute approximate surface area is 90.0 Å². The number of hydroxylamine groups is 2. The van der Waals surface area contributed by atoms with Gasteiger partial charge < -0.3 is 4.84 Å². The minimum atomic E-state index is -1.27. The van der Waals surface area contributed by atoms with E-state index in [0.29, 0.717) is 5.06 Å². The highest BCUT2D eigenvalue weighted by Gasteiger charge is 2.34. The fraction of sp³-hybridized carbons (Fsp3) is 0.375. The summed E-state index contributed by atoms with van der Waals surface area (Å²) in [7, 11) is 0. The molecule has 0 spiro atoms. The zero-order valence-corrected chi connectivity index (χ0v) is 8.08. The third-order valence-electron chi connectivity index (χ3n) is 1.73. The smallest absolute Gasteiger partial charge is 0.309 e. The summed E-state index contributed by atoms with van der Waals surface area (Å²) in [4.78, 5) is 47.8. The van der Waals surface area contributed by atoms with Crippen LogP contribution in [0.4, 0.5) is 4.79 Å². The number of terminal acetylenes is 1. The van der Waals surface area contributed by atoms with Crippen LogP contribution >= 0.6 is 0 Å². The van der Waals surface area contributed by atoms with Gasteiger partial charge in [0.2, 0.25) is 0 Å². The molecule has 3 amide bonds. The normalized spacial score (nSPS) is 14.6. The van der Waals surface area contributed by atoms with E-state index < -0.39 is 24.5 Å². The second kappa shape index (κ2) is 4.88.